The van der Waals surface area contributed by atoms with Crippen LogP contribution in [0.15, 0.2) is 36.7 Å². The van der Waals surface area contributed by atoms with Crippen LogP contribution < -0.4 is 5.32 Å². The number of aromatic nitrogens is 2. The van der Waals surface area contributed by atoms with Crippen molar-refractivity contribution < 1.29 is 23.4 Å². The van der Waals surface area contributed by atoms with E-state index in [-0.39, 0.29) is 13.2 Å². The smallest absolute Gasteiger partial charge is 0.394 e. The molecule has 1 heterocycles. The number of benzene rings is 1. The lowest BCUT2D eigenvalue weighted by Gasteiger charge is -2.10. The van der Waals surface area contributed by atoms with Crippen molar-refractivity contribution in [2.24, 2.45) is 0 Å². The Labute approximate surface area is 118 Å². The third-order valence-corrected chi connectivity index (χ3v) is 2.79. The number of alkyl halides is 3. The zero-order valence-electron chi connectivity index (χ0n) is 10.9. The zero-order chi connectivity index (χ0) is 15.5. The lowest BCUT2D eigenvalue weighted by molar-refractivity contribution is -0.137. The van der Waals surface area contributed by atoms with E-state index in [4.69, 9.17) is 5.11 Å². The molecule has 0 aliphatic heterocycles. The Morgan fingerprint density at radius 2 is 1.90 bits per heavy atom. The van der Waals surface area contributed by atoms with Crippen LogP contribution in [0.25, 0.3) is 5.69 Å². The van der Waals surface area contributed by atoms with Crippen molar-refractivity contribution in [1.82, 2.24) is 9.78 Å². The Hall–Kier alpha value is -2.06. The molecule has 1 unspecified atom stereocenters. The van der Waals surface area contributed by atoms with Gasteiger partial charge in [-0.25, -0.2) is 4.68 Å². The molecule has 0 saturated carbocycles. The molecule has 1 aromatic carbocycles. The maximum atomic E-state index is 12.5. The van der Waals surface area contributed by atoms with Gasteiger partial charge in [-0.2, -0.15) is 18.3 Å². The summed E-state index contributed by atoms with van der Waals surface area (Å²) < 4.78 is 38.6. The fourth-order valence-electron chi connectivity index (χ4n) is 1.64. The highest BCUT2D eigenvalue weighted by molar-refractivity contribution is 5.48. The molecule has 0 amide bonds. The van der Waals surface area contributed by atoms with Crippen LogP contribution in [0.4, 0.5) is 18.9 Å². The zero-order valence-corrected chi connectivity index (χ0v) is 10.9. The second-order valence-electron chi connectivity index (χ2n) is 4.44. The Morgan fingerprint density at radius 3 is 2.43 bits per heavy atom. The lowest BCUT2D eigenvalue weighted by Crippen LogP contribution is -2.22. The molecule has 0 aliphatic carbocycles. The summed E-state index contributed by atoms with van der Waals surface area (Å²) >= 11 is 0. The van der Waals surface area contributed by atoms with E-state index in [0.29, 0.717) is 11.4 Å². The van der Waals surface area contributed by atoms with Gasteiger partial charge in [-0.15, -0.1) is 0 Å². The number of halogens is 3. The summed E-state index contributed by atoms with van der Waals surface area (Å²) in [7, 11) is 0. The first kappa shape index (κ1) is 15.3. The average Bonchev–Trinajstić information content (AvgIpc) is 2.95. The van der Waals surface area contributed by atoms with Crippen molar-refractivity contribution in [3.05, 3.63) is 42.2 Å². The van der Waals surface area contributed by atoms with Gasteiger partial charge in [0.25, 0.3) is 0 Å². The molecule has 21 heavy (non-hydrogen) atoms. The predicted molar refractivity (Wildman–Crippen MR) is 70.1 cm³/mol. The molecule has 2 aromatic rings. The molecule has 0 fully saturated rings. The van der Waals surface area contributed by atoms with Gasteiger partial charge in [-0.1, -0.05) is 0 Å². The highest BCUT2D eigenvalue weighted by atomic mass is 19.4. The minimum atomic E-state index is -4.42. The van der Waals surface area contributed by atoms with Crippen LogP contribution in [0.3, 0.4) is 0 Å². The SMILES string of the molecule is OCC(O)CNc1ccc(-n2cc(C(F)(F)F)cn2)cc1. The Bertz CT molecular complexity index is 581. The number of hydrogen-bond donors (Lipinski definition) is 3. The minimum Gasteiger partial charge on any atom is -0.394 e. The summed E-state index contributed by atoms with van der Waals surface area (Å²) in [6, 6.07) is 6.49. The number of anilines is 1. The van der Waals surface area contributed by atoms with E-state index in [1.54, 1.807) is 24.3 Å². The van der Waals surface area contributed by atoms with E-state index >= 15 is 0 Å². The van der Waals surface area contributed by atoms with Crippen molar-refractivity contribution in [3.63, 3.8) is 0 Å². The number of aliphatic hydroxyl groups excluding tert-OH is 2. The second-order valence-corrected chi connectivity index (χ2v) is 4.44. The Kier molecular flexibility index (Phi) is 4.49. The maximum Gasteiger partial charge on any atom is 0.419 e. The van der Waals surface area contributed by atoms with Gasteiger partial charge in [0.2, 0.25) is 0 Å². The van der Waals surface area contributed by atoms with Crippen molar-refractivity contribution in [2.75, 3.05) is 18.5 Å². The lowest BCUT2D eigenvalue weighted by atomic mass is 10.2. The maximum absolute atomic E-state index is 12.5. The van der Waals surface area contributed by atoms with E-state index in [0.717, 1.165) is 17.1 Å². The molecule has 2 rings (SSSR count). The molecule has 3 N–H and O–H groups in total. The molecule has 1 aromatic heterocycles. The molecule has 0 saturated heterocycles. The highest BCUT2D eigenvalue weighted by Crippen LogP contribution is 2.29. The van der Waals surface area contributed by atoms with E-state index in [9.17, 15) is 18.3 Å². The quantitative estimate of drug-likeness (QED) is 0.785. The van der Waals surface area contributed by atoms with Crippen LogP contribution >= 0.6 is 0 Å². The van der Waals surface area contributed by atoms with Crippen LogP contribution in [0.1, 0.15) is 5.56 Å². The third-order valence-electron chi connectivity index (χ3n) is 2.79. The van der Waals surface area contributed by atoms with Gasteiger partial charge < -0.3 is 15.5 Å². The number of nitrogens with one attached hydrogen (secondary N) is 1. The Morgan fingerprint density at radius 1 is 1.24 bits per heavy atom. The van der Waals surface area contributed by atoms with Gasteiger partial charge in [0.05, 0.1) is 30.2 Å². The van der Waals surface area contributed by atoms with E-state index in [2.05, 4.69) is 10.4 Å². The first-order valence-corrected chi connectivity index (χ1v) is 6.15. The largest absolute Gasteiger partial charge is 0.419 e. The van der Waals surface area contributed by atoms with E-state index in [1.807, 2.05) is 0 Å². The first-order chi connectivity index (χ1) is 9.90. The second kappa shape index (κ2) is 6.15. The van der Waals surface area contributed by atoms with Crippen LogP contribution in [0.5, 0.6) is 0 Å². The molecule has 0 bridgehead atoms. The molecular weight excluding hydrogens is 287 g/mol. The summed E-state index contributed by atoms with van der Waals surface area (Å²) in [6.07, 6.45) is -3.60. The third kappa shape index (κ3) is 3.96. The van der Waals surface area contributed by atoms with Gasteiger partial charge >= 0.3 is 6.18 Å². The van der Waals surface area contributed by atoms with Crippen molar-refractivity contribution in [2.45, 2.75) is 12.3 Å². The van der Waals surface area contributed by atoms with Gasteiger partial charge in [0, 0.05) is 18.4 Å². The summed E-state index contributed by atoms with van der Waals surface area (Å²) in [5.74, 6) is 0. The summed E-state index contributed by atoms with van der Waals surface area (Å²) in [5.41, 5.74) is 0.351. The molecule has 8 heteroatoms. The van der Waals surface area contributed by atoms with E-state index < -0.39 is 17.8 Å². The van der Waals surface area contributed by atoms with Gasteiger partial charge in [-0.3, -0.25) is 0 Å². The monoisotopic (exact) mass is 301 g/mol. The fourth-order valence-corrected chi connectivity index (χ4v) is 1.64. The molecule has 5 nitrogen and oxygen atoms in total. The number of aliphatic hydroxyl groups is 2. The molecule has 0 spiro atoms. The predicted octanol–water partition coefficient (Wildman–Crippen LogP) is 1.66. The van der Waals surface area contributed by atoms with Gasteiger partial charge in [-0.05, 0) is 24.3 Å². The molecule has 114 valence electrons. The average molecular weight is 301 g/mol. The van der Waals surface area contributed by atoms with Crippen LogP contribution in [0, 0.1) is 0 Å². The number of nitrogens with zero attached hydrogens (tertiary/aromatic N) is 2. The van der Waals surface area contributed by atoms with Crippen molar-refractivity contribution >= 4 is 5.69 Å². The fraction of sp³-hybridized carbons (Fsp3) is 0.308. The molecule has 0 radical (unpaired) electrons. The normalized spacial score (nSPS) is 13.2. The molecule has 0 aliphatic rings. The van der Waals surface area contributed by atoms with Crippen LogP contribution in [-0.2, 0) is 6.18 Å². The topological polar surface area (TPSA) is 70.3 Å². The van der Waals surface area contributed by atoms with Gasteiger partial charge in [0.1, 0.15) is 0 Å². The van der Waals surface area contributed by atoms with Crippen LogP contribution in [-0.4, -0.2) is 39.2 Å². The number of rotatable bonds is 5. The summed E-state index contributed by atoms with van der Waals surface area (Å²) in [5, 5.41) is 24.4. The van der Waals surface area contributed by atoms with Crippen molar-refractivity contribution in [3.8, 4) is 5.69 Å². The number of hydrogen-bond acceptors (Lipinski definition) is 4. The van der Waals surface area contributed by atoms with Crippen LogP contribution in [0.2, 0.25) is 0 Å². The molecular formula is C13H14F3N3O2. The standard InChI is InChI=1S/C13H14F3N3O2/c14-13(15,16)9-5-18-19(7-9)11-3-1-10(2-4-11)17-6-12(21)8-20/h1-5,7,12,17,20-21H,6,8H2. The van der Waals surface area contributed by atoms with Crippen molar-refractivity contribution in [1.29, 1.82) is 0 Å². The summed E-state index contributed by atoms with van der Waals surface area (Å²) in [4.78, 5) is 0. The summed E-state index contributed by atoms with van der Waals surface area (Å²) in [6.45, 7) is -0.172. The van der Waals surface area contributed by atoms with Gasteiger partial charge in [0.15, 0.2) is 0 Å². The minimum absolute atomic E-state index is 0.176. The Balaban J connectivity index is 2.07. The van der Waals surface area contributed by atoms with E-state index in [1.165, 1.54) is 0 Å². The highest BCUT2D eigenvalue weighted by Gasteiger charge is 2.32. The molecule has 1 atom stereocenters. The first-order valence-electron chi connectivity index (χ1n) is 6.15.